The number of benzene rings is 1. The van der Waals surface area contributed by atoms with Crippen LogP contribution in [-0.4, -0.2) is 42.6 Å². The summed E-state index contributed by atoms with van der Waals surface area (Å²) in [5.74, 6) is -0.322. The number of methoxy groups -OCH3 is 1. The van der Waals surface area contributed by atoms with Crippen molar-refractivity contribution in [1.82, 2.24) is 10.1 Å². The molecule has 0 radical (unpaired) electrons. The number of carbonyl (C=O) groups excluding carboxylic acids is 2. The van der Waals surface area contributed by atoms with Crippen LogP contribution >= 0.6 is 0 Å². The fourth-order valence-electron chi connectivity index (χ4n) is 2.03. The number of fused-ring (bicyclic) bond motifs is 1. The summed E-state index contributed by atoms with van der Waals surface area (Å²) in [5, 5.41) is 4.80. The van der Waals surface area contributed by atoms with Gasteiger partial charge in [0.2, 0.25) is 5.91 Å². The zero-order valence-corrected chi connectivity index (χ0v) is 12.2. The molecule has 6 heteroatoms. The van der Waals surface area contributed by atoms with Gasteiger partial charge >= 0.3 is 5.97 Å². The van der Waals surface area contributed by atoms with E-state index in [1.165, 1.54) is 7.11 Å². The molecule has 1 aromatic heterocycles. The van der Waals surface area contributed by atoms with E-state index >= 15 is 0 Å². The first-order valence-electron chi connectivity index (χ1n) is 6.76. The number of rotatable bonds is 6. The summed E-state index contributed by atoms with van der Waals surface area (Å²) in [6.07, 6.45) is 1.07. The van der Waals surface area contributed by atoms with E-state index < -0.39 is 0 Å². The van der Waals surface area contributed by atoms with Crippen LogP contribution in [0.15, 0.2) is 28.8 Å². The average molecular weight is 290 g/mol. The number of nitrogens with zero attached hydrogens (tertiary/aromatic N) is 2. The molecule has 112 valence electrons. The molecule has 1 heterocycles. The molecule has 6 nitrogen and oxygen atoms in total. The zero-order chi connectivity index (χ0) is 15.2. The minimum absolute atomic E-state index is 0.0566. The topological polar surface area (TPSA) is 72.6 Å². The van der Waals surface area contributed by atoms with Gasteiger partial charge in [-0.2, -0.15) is 0 Å². The molecule has 0 saturated carbocycles. The normalized spacial score (nSPS) is 10.6. The number of carbonyl (C=O) groups is 2. The molecular formula is C15H18N2O4. The Labute approximate surface area is 122 Å². The lowest BCUT2D eigenvalue weighted by Gasteiger charge is -2.16. The molecule has 0 spiro atoms. The first-order valence-corrected chi connectivity index (χ1v) is 6.76. The van der Waals surface area contributed by atoms with Crippen LogP contribution in [0.4, 0.5) is 0 Å². The van der Waals surface area contributed by atoms with Crippen molar-refractivity contribution in [3.63, 3.8) is 0 Å². The SMILES string of the molecule is COC(=O)CCCN(C)C(=O)Cc1noc2ccccc12. The van der Waals surface area contributed by atoms with Gasteiger partial charge in [-0.05, 0) is 18.6 Å². The van der Waals surface area contributed by atoms with E-state index in [0.717, 1.165) is 5.39 Å². The second-order valence-electron chi connectivity index (χ2n) is 4.80. The summed E-state index contributed by atoms with van der Waals surface area (Å²) >= 11 is 0. The largest absolute Gasteiger partial charge is 0.469 e. The third-order valence-corrected chi connectivity index (χ3v) is 3.30. The van der Waals surface area contributed by atoms with Crippen LogP contribution in [0.3, 0.4) is 0 Å². The van der Waals surface area contributed by atoms with E-state index in [2.05, 4.69) is 9.89 Å². The average Bonchev–Trinajstić information content (AvgIpc) is 2.90. The highest BCUT2D eigenvalue weighted by Crippen LogP contribution is 2.18. The lowest BCUT2D eigenvalue weighted by molar-refractivity contribution is -0.141. The number of para-hydroxylation sites is 1. The van der Waals surface area contributed by atoms with Crippen molar-refractivity contribution in [2.45, 2.75) is 19.3 Å². The maximum absolute atomic E-state index is 12.1. The number of hydrogen-bond acceptors (Lipinski definition) is 5. The van der Waals surface area contributed by atoms with Crippen LogP contribution in [0.5, 0.6) is 0 Å². The fraction of sp³-hybridized carbons (Fsp3) is 0.400. The van der Waals surface area contributed by atoms with Gasteiger partial charge in [-0.3, -0.25) is 9.59 Å². The van der Waals surface area contributed by atoms with Crippen molar-refractivity contribution in [1.29, 1.82) is 0 Å². The first kappa shape index (κ1) is 15.0. The maximum atomic E-state index is 12.1. The number of hydrogen-bond donors (Lipinski definition) is 0. The van der Waals surface area contributed by atoms with Crippen molar-refractivity contribution in [3.8, 4) is 0 Å². The first-order chi connectivity index (χ1) is 10.1. The second kappa shape index (κ2) is 6.88. The van der Waals surface area contributed by atoms with Crippen LogP contribution in [0, 0.1) is 0 Å². The van der Waals surface area contributed by atoms with Gasteiger partial charge in [-0.15, -0.1) is 0 Å². The lowest BCUT2D eigenvalue weighted by Crippen LogP contribution is -2.29. The third kappa shape index (κ3) is 3.81. The predicted molar refractivity (Wildman–Crippen MR) is 76.6 cm³/mol. The highest BCUT2D eigenvalue weighted by molar-refractivity contribution is 5.86. The Kier molecular flexibility index (Phi) is 4.92. The summed E-state index contributed by atoms with van der Waals surface area (Å²) in [6, 6.07) is 7.44. The van der Waals surface area contributed by atoms with Gasteiger partial charge in [0.25, 0.3) is 0 Å². The highest BCUT2D eigenvalue weighted by Gasteiger charge is 2.15. The number of likely N-dealkylation sites (N-methyl/N-ethyl adjacent to an activating group) is 1. The molecule has 0 atom stereocenters. The van der Waals surface area contributed by atoms with E-state index in [-0.39, 0.29) is 18.3 Å². The number of ether oxygens (including phenoxy) is 1. The van der Waals surface area contributed by atoms with E-state index in [0.29, 0.717) is 30.7 Å². The summed E-state index contributed by atoms with van der Waals surface area (Å²) in [4.78, 5) is 24.7. The Morgan fingerprint density at radius 1 is 1.33 bits per heavy atom. The Morgan fingerprint density at radius 3 is 2.86 bits per heavy atom. The predicted octanol–water partition coefficient (Wildman–Crippen LogP) is 1.78. The van der Waals surface area contributed by atoms with Gasteiger partial charge in [0, 0.05) is 25.4 Å². The van der Waals surface area contributed by atoms with Crippen LogP contribution in [0.2, 0.25) is 0 Å². The van der Waals surface area contributed by atoms with Crippen molar-refractivity contribution in [3.05, 3.63) is 30.0 Å². The van der Waals surface area contributed by atoms with Gasteiger partial charge in [0.05, 0.1) is 13.5 Å². The maximum Gasteiger partial charge on any atom is 0.305 e. The summed E-state index contributed by atoms with van der Waals surface area (Å²) in [7, 11) is 3.06. The van der Waals surface area contributed by atoms with Crippen LogP contribution in [0.1, 0.15) is 18.5 Å². The molecule has 0 aliphatic carbocycles. The summed E-state index contributed by atoms with van der Waals surface area (Å²) in [6.45, 7) is 0.504. The zero-order valence-electron chi connectivity index (χ0n) is 12.2. The van der Waals surface area contributed by atoms with Crippen LogP contribution in [0.25, 0.3) is 11.0 Å². The monoisotopic (exact) mass is 290 g/mol. The van der Waals surface area contributed by atoms with Gasteiger partial charge < -0.3 is 14.2 Å². The summed E-state index contributed by atoms with van der Waals surface area (Å²) < 4.78 is 9.74. The number of amides is 1. The Bertz CT molecular complexity index is 635. The molecule has 1 aromatic carbocycles. The molecule has 0 fully saturated rings. The smallest absolute Gasteiger partial charge is 0.305 e. The van der Waals surface area contributed by atoms with Crippen LogP contribution in [-0.2, 0) is 20.7 Å². The third-order valence-electron chi connectivity index (χ3n) is 3.30. The molecule has 0 saturated heterocycles. The van der Waals surface area contributed by atoms with Crippen molar-refractivity contribution in [2.24, 2.45) is 0 Å². The Morgan fingerprint density at radius 2 is 2.10 bits per heavy atom. The van der Waals surface area contributed by atoms with E-state index in [4.69, 9.17) is 4.52 Å². The Hall–Kier alpha value is -2.37. The highest BCUT2D eigenvalue weighted by atomic mass is 16.5. The quantitative estimate of drug-likeness (QED) is 0.758. The second-order valence-corrected chi connectivity index (χ2v) is 4.80. The van der Waals surface area contributed by atoms with Crippen molar-refractivity contribution in [2.75, 3.05) is 20.7 Å². The fourth-order valence-corrected chi connectivity index (χ4v) is 2.03. The molecule has 0 N–H and O–H groups in total. The van der Waals surface area contributed by atoms with Gasteiger partial charge in [-0.1, -0.05) is 17.3 Å². The molecule has 0 aliphatic rings. The van der Waals surface area contributed by atoms with E-state index in [1.807, 2.05) is 24.3 Å². The Balaban J connectivity index is 1.90. The van der Waals surface area contributed by atoms with Crippen molar-refractivity contribution < 1.29 is 18.8 Å². The number of esters is 1. The number of aromatic nitrogens is 1. The molecule has 1 amide bonds. The molecule has 0 unspecified atom stereocenters. The van der Waals surface area contributed by atoms with E-state index in [1.54, 1.807) is 11.9 Å². The van der Waals surface area contributed by atoms with Gasteiger partial charge in [-0.25, -0.2) is 0 Å². The van der Waals surface area contributed by atoms with Gasteiger partial charge in [0.15, 0.2) is 5.58 Å². The molecular weight excluding hydrogens is 272 g/mol. The molecule has 0 bridgehead atoms. The minimum atomic E-state index is -0.265. The molecule has 21 heavy (non-hydrogen) atoms. The lowest BCUT2D eigenvalue weighted by atomic mass is 10.1. The molecule has 2 rings (SSSR count). The van der Waals surface area contributed by atoms with Gasteiger partial charge in [0.1, 0.15) is 5.69 Å². The van der Waals surface area contributed by atoms with Crippen LogP contribution < -0.4 is 0 Å². The molecule has 2 aromatic rings. The van der Waals surface area contributed by atoms with Crippen molar-refractivity contribution >= 4 is 22.8 Å². The minimum Gasteiger partial charge on any atom is -0.469 e. The summed E-state index contributed by atoms with van der Waals surface area (Å²) in [5.41, 5.74) is 1.31. The van der Waals surface area contributed by atoms with E-state index in [9.17, 15) is 9.59 Å². The standard InChI is InChI=1S/C15H18N2O4/c1-17(9-5-8-15(19)20-2)14(18)10-12-11-6-3-4-7-13(11)21-16-12/h3-4,6-7H,5,8-10H2,1-2H3. The molecule has 0 aliphatic heterocycles.